The lowest BCUT2D eigenvalue weighted by Gasteiger charge is -2.34. The van der Waals surface area contributed by atoms with Crippen LogP contribution in [0.4, 0.5) is 0 Å². The predicted octanol–water partition coefficient (Wildman–Crippen LogP) is 1.28. The minimum absolute atomic E-state index is 0.293. The first-order valence-corrected chi connectivity index (χ1v) is 9.67. The van der Waals surface area contributed by atoms with E-state index < -0.39 is 23.3 Å². The number of nitrogens with zero attached hydrogens (tertiary/aromatic N) is 1. The van der Waals surface area contributed by atoms with Crippen LogP contribution in [0.15, 0.2) is 41.0 Å². The van der Waals surface area contributed by atoms with Gasteiger partial charge in [-0.15, -0.1) is 0 Å². The van der Waals surface area contributed by atoms with E-state index in [-0.39, 0.29) is 0 Å². The van der Waals surface area contributed by atoms with Crippen molar-refractivity contribution in [3.8, 4) is 11.1 Å². The number of amides is 3. The van der Waals surface area contributed by atoms with E-state index in [9.17, 15) is 14.4 Å². The Hall–Kier alpha value is -3.17. The molecule has 0 spiro atoms. The zero-order valence-electron chi connectivity index (χ0n) is 17.2. The number of nitrogens with one attached hydrogen (secondary N) is 3. The molecule has 1 fully saturated rings. The highest BCUT2D eigenvalue weighted by Crippen LogP contribution is 2.25. The van der Waals surface area contributed by atoms with E-state index in [1.54, 1.807) is 30.5 Å². The third kappa shape index (κ3) is 4.22. The van der Waals surface area contributed by atoms with Gasteiger partial charge in [-0.3, -0.25) is 19.6 Å². The van der Waals surface area contributed by atoms with Crippen molar-refractivity contribution in [2.45, 2.75) is 37.9 Å². The molecule has 2 aromatic rings. The van der Waals surface area contributed by atoms with E-state index in [2.05, 4.69) is 10.6 Å². The Labute approximate surface area is 174 Å². The molecular weight excluding hydrogens is 388 g/mol. The van der Waals surface area contributed by atoms with Crippen LogP contribution in [0.25, 0.3) is 11.1 Å². The Bertz CT molecular complexity index is 917. The zero-order chi connectivity index (χ0) is 21.9. The number of hydroxylamine groups is 1. The van der Waals surface area contributed by atoms with Crippen molar-refractivity contribution in [3.63, 3.8) is 0 Å². The molecule has 9 nitrogen and oxygen atoms in total. The number of hydrogen-bond acceptors (Lipinski definition) is 6. The quantitative estimate of drug-likeness (QED) is 0.293. The Morgan fingerprint density at radius 2 is 1.83 bits per heavy atom. The van der Waals surface area contributed by atoms with Gasteiger partial charge >= 0.3 is 0 Å². The lowest BCUT2D eigenvalue weighted by molar-refractivity contribution is -0.148. The maximum absolute atomic E-state index is 12.9. The van der Waals surface area contributed by atoms with Gasteiger partial charge in [0.15, 0.2) is 5.54 Å². The summed E-state index contributed by atoms with van der Waals surface area (Å²) in [6, 6.07) is 9.32. The van der Waals surface area contributed by atoms with Crippen LogP contribution < -0.4 is 16.1 Å². The molecule has 1 atom stereocenters. The number of carbonyl (C=O) groups is 3. The molecular formula is C21H26N4O5. The maximum Gasteiger partial charge on any atom is 0.278 e. The van der Waals surface area contributed by atoms with Gasteiger partial charge in [0.1, 0.15) is 5.76 Å². The molecule has 0 bridgehead atoms. The highest BCUT2D eigenvalue weighted by Gasteiger charge is 2.47. The summed E-state index contributed by atoms with van der Waals surface area (Å²) in [4.78, 5) is 38.3. The number of benzene rings is 1. The molecule has 1 aromatic carbocycles. The summed E-state index contributed by atoms with van der Waals surface area (Å²) in [6.45, 7) is 1.93. The fraction of sp³-hybridized carbons (Fsp3) is 0.381. The Morgan fingerprint density at radius 3 is 2.40 bits per heavy atom. The van der Waals surface area contributed by atoms with Crippen molar-refractivity contribution in [2.75, 3.05) is 14.1 Å². The summed E-state index contributed by atoms with van der Waals surface area (Å²) in [5, 5.41) is 14.8. The van der Waals surface area contributed by atoms with Crippen LogP contribution in [0.1, 0.15) is 35.9 Å². The van der Waals surface area contributed by atoms with E-state index in [1.807, 2.05) is 6.07 Å². The van der Waals surface area contributed by atoms with Crippen LogP contribution in [0.2, 0.25) is 0 Å². The van der Waals surface area contributed by atoms with Crippen LogP contribution >= 0.6 is 0 Å². The van der Waals surface area contributed by atoms with Crippen LogP contribution in [0, 0.1) is 0 Å². The highest BCUT2D eigenvalue weighted by atomic mass is 16.5. The van der Waals surface area contributed by atoms with Crippen molar-refractivity contribution in [3.05, 3.63) is 47.9 Å². The predicted molar refractivity (Wildman–Crippen MR) is 109 cm³/mol. The van der Waals surface area contributed by atoms with Gasteiger partial charge in [-0.1, -0.05) is 12.1 Å². The third-order valence-corrected chi connectivity index (χ3v) is 5.45. The smallest absolute Gasteiger partial charge is 0.278 e. The number of hydrogen-bond donors (Lipinski definition) is 4. The molecule has 0 aliphatic heterocycles. The molecule has 1 heterocycles. The van der Waals surface area contributed by atoms with Gasteiger partial charge in [0.05, 0.1) is 12.8 Å². The molecule has 1 aromatic heterocycles. The van der Waals surface area contributed by atoms with Gasteiger partial charge < -0.3 is 20.0 Å². The van der Waals surface area contributed by atoms with E-state index >= 15 is 0 Å². The molecule has 0 unspecified atom stereocenters. The SMILES string of the molecule is CNC(=O)[C@@](C)(C(=O)NO)N(C)C(=O)c1ccc(-c2coc(CNC3CC3)c2)cc1. The number of rotatable bonds is 8. The molecule has 3 amide bonds. The summed E-state index contributed by atoms with van der Waals surface area (Å²) in [5.74, 6) is -1.45. The second-order valence-corrected chi connectivity index (χ2v) is 7.49. The fourth-order valence-electron chi connectivity index (χ4n) is 3.12. The maximum atomic E-state index is 12.9. The van der Waals surface area contributed by atoms with Crippen molar-refractivity contribution in [2.24, 2.45) is 0 Å². The van der Waals surface area contributed by atoms with Crippen molar-refractivity contribution >= 4 is 17.7 Å². The largest absolute Gasteiger partial charge is 0.467 e. The molecule has 9 heteroatoms. The molecule has 3 rings (SSSR count). The van der Waals surface area contributed by atoms with E-state index in [1.165, 1.54) is 39.3 Å². The fourth-order valence-corrected chi connectivity index (χ4v) is 3.12. The normalized spacial score (nSPS) is 15.2. The van der Waals surface area contributed by atoms with Crippen LogP contribution in [0.3, 0.4) is 0 Å². The van der Waals surface area contributed by atoms with E-state index in [0.29, 0.717) is 18.2 Å². The van der Waals surface area contributed by atoms with Crippen molar-refractivity contribution < 1.29 is 24.0 Å². The summed E-state index contributed by atoms with van der Waals surface area (Å²) < 4.78 is 5.59. The molecule has 1 aliphatic carbocycles. The molecule has 160 valence electrons. The lowest BCUT2D eigenvalue weighted by Crippen LogP contribution is -2.64. The number of likely N-dealkylation sites (N-methyl/N-ethyl adjacent to an activating group) is 2. The van der Waals surface area contributed by atoms with E-state index in [0.717, 1.165) is 21.8 Å². The van der Waals surface area contributed by atoms with Gasteiger partial charge in [0, 0.05) is 31.3 Å². The third-order valence-electron chi connectivity index (χ3n) is 5.45. The van der Waals surface area contributed by atoms with Gasteiger partial charge in [0.2, 0.25) is 0 Å². The topological polar surface area (TPSA) is 124 Å². The minimum atomic E-state index is -1.92. The standard InChI is InChI=1S/C21H26N4O5/c1-21(19(27)22-2,20(28)24-29)25(3)18(26)14-6-4-13(5-7-14)15-10-17(30-12-15)11-23-16-8-9-16/h4-7,10,12,16,23,29H,8-9,11H2,1-3H3,(H,22,27)(H,24,28)/t21-/m0/s1. The summed E-state index contributed by atoms with van der Waals surface area (Å²) in [6.07, 6.45) is 4.08. The van der Waals surface area contributed by atoms with Crippen molar-refractivity contribution in [1.29, 1.82) is 0 Å². The minimum Gasteiger partial charge on any atom is -0.467 e. The lowest BCUT2D eigenvalue weighted by atomic mass is 9.96. The molecule has 0 saturated heterocycles. The zero-order valence-corrected chi connectivity index (χ0v) is 17.2. The second kappa shape index (κ2) is 8.68. The summed E-state index contributed by atoms with van der Waals surface area (Å²) in [7, 11) is 2.67. The average molecular weight is 414 g/mol. The number of carbonyl (C=O) groups excluding carboxylic acids is 3. The molecule has 1 aliphatic rings. The van der Waals surface area contributed by atoms with Crippen LogP contribution in [-0.4, -0.2) is 53.5 Å². The molecule has 0 radical (unpaired) electrons. The van der Waals surface area contributed by atoms with Gasteiger partial charge in [-0.2, -0.15) is 0 Å². The van der Waals surface area contributed by atoms with Gasteiger partial charge in [0.25, 0.3) is 17.7 Å². The average Bonchev–Trinajstić information content (AvgIpc) is 3.50. The summed E-state index contributed by atoms with van der Waals surface area (Å²) >= 11 is 0. The molecule has 30 heavy (non-hydrogen) atoms. The monoisotopic (exact) mass is 414 g/mol. The Morgan fingerprint density at radius 1 is 1.17 bits per heavy atom. The number of furan rings is 1. The first-order valence-electron chi connectivity index (χ1n) is 9.67. The van der Waals surface area contributed by atoms with Crippen LogP contribution in [0.5, 0.6) is 0 Å². The van der Waals surface area contributed by atoms with E-state index in [4.69, 9.17) is 9.62 Å². The van der Waals surface area contributed by atoms with Crippen molar-refractivity contribution in [1.82, 2.24) is 21.0 Å². The Kier molecular flexibility index (Phi) is 6.23. The van der Waals surface area contributed by atoms with Crippen LogP contribution in [-0.2, 0) is 16.1 Å². The first-order chi connectivity index (χ1) is 14.3. The molecule has 4 N–H and O–H groups in total. The Balaban J connectivity index is 1.75. The summed E-state index contributed by atoms with van der Waals surface area (Å²) in [5.41, 5.74) is 1.59. The first kappa shape index (κ1) is 21.5. The second-order valence-electron chi connectivity index (χ2n) is 7.49. The van der Waals surface area contributed by atoms with Gasteiger partial charge in [-0.25, -0.2) is 5.48 Å². The van der Waals surface area contributed by atoms with Gasteiger partial charge in [-0.05, 0) is 43.5 Å². The highest BCUT2D eigenvalue weighted by molar-refractivity contribution is 6.12. The molecule has 1 saturated carbocycles.